The largest absolute Gasteiger partial charge is 0.204 e. The summed E-state index contributed by atoms with van der Waals surface area (Å²) in [5.74, 6) is -0.809. The normalized spacial score (nSPS) is 30.7. The minimum Gasteiger partial charge on any atom is -0.204 e. The Morgan fingerprint density at radius 2 is 1.50 bits per heavy atom. The minimum absolute atomic E-state index is 0.216. The molecule has 0 radical (unpaired) electrons. The van der Waals surface area contributed by atoms with Gasteiger partial charge in [-0.3, -0.25) is 0 Å². The molecule has 3 heteroatoms. The van der Waals surface area contributed by atoms with Crippen molar-refractivity contribution in [2.24, 2.45) is 17.8 Å². The summed E-state index contributed by atoms with van der Waals surface area (Å²) < 4.78 is 39.5. The fourth-order valence-corrected chi connectivity index (χ4v) is 4.22. The van der Waals surface area contributed by atoms with Crippen molar-refractivity contribution in [3.8, 4) is 0 Å². The first-order chi connectivity index (χ1) is 10.6. The van der Waals surface area contributed by atoms with Crippen molar-refractivity contribution >= 4 is 0 Å². The van der Waals surface area contributed by atoms with E-state index in [1.54, 1.807) is 0 Å². The van der Waals surface area contributed by atoms with Crippen LogP contribution in [0.2, 0.25) is 0 Å². The lowest BCUT2D eigenvalue weighted by Crippen LogP contribution is -2.37. The molecule has 122 valence electrons. The van der Waals surface area contributed by atoms with Gasteiger partial charge in [-0.15, -0.1) is 0 Å². The molecule has 2 aliphatic carbocycles. The lowest BCUT2D eigenvalue weighted by Gasteiger charge is -2.48. The molecule has 0 N–H and O–H groups in total. The Hall–Kier alpha value is -0.990. The molecule has 0 bridgehead atoms. The quantitative estimate of drug-likeness (QED) is 0.433. The zero-order chi connectivity index (χ0) is 15.7. The highest BCUT2D eigenvalue weighted by molar-refractivity contribution is 5.25. The Morgan fingerprint density at radius 1 is 0.909 bits per heavy atom. The first kappa shape index (κ1) is 15.9. The Bertz CT molecular complexity index is 490. The summed E-state index contributed by atoms with van der Waals surface area (Å²) in [6.45, 7) is 2.24. The van der Waals surface area contributed by atoms with Crippen molar-refractivity contribution in [3.05, 3.63) is 35.1 Å². The molecule has 1 aromatic carbocycles. The molecule has 0 atom stereocenters. The third-order valence-electron chi connectivity index (χ3n) is 5.81. The van der Waals surface area contributed by atoms with Gasteiger partial charge in [-0.2, -0.15) is 0 Å². The minimum atomic E-state index is -1.35. The van der Waals surface area contributed by atoms with Crippen LogP contribution in [0.25, 0.3) is 0 Å². The Labute approximate surface area is 131 Å². The lowest BCUT2D eigenvalue weighted by atomic mass is 9.57. The molecule has 0 aliphatic heterocycles. The van der Waals surface area contributed by atoms with Gasteiger partial charge in [-0.05, 0) is 67.1 Å². The SMILES string of the molecule is CCCCCC1CC(C2CC(c3cc(F)c(F)c(F)c3)C2)C1. The van der Waals surface area contributed by atoms with Crippen LogP contribution in [0.4, 0.5) is 13.2 Å². The first-order valence-corrected chi connectivity index (χ1v) is 8.72. The number of halogens is 3. The molecule has 0 amide bonds. The molecule has 1 aromatic rings. The molecular formula is C19H25F3. The summed E-state index contributed by atoms with van der Waals surface area (Å²) in [4.78, 5) is 0. The number of hydrogen-bond donors (Lipinski definition) is 0. The number of rotatable bonds is 6. The molecule has 0 heterocycles. The molecule has 0 spiro atoms. The average molecular weight is 310 g/mol. The van der Waals surface area contributed by atoms with Crippen LogP contribution in [0.3, 0.4) is 0 Å². The van der Waals surface area contributed by atoms with Crippen LogP contribution in [0, 0.1) is 35.2 Å². The van der Waals surface area contributed by atoms with Crippen molar-refractivity contribution in [2.45, 2.75) is 64.2 Å². The van der Waals surface area contributed by atoms with Gasteiger partial charge >= 0.3 is 0 Å². The average Bonchev–Trinajstić information content (AvgIpc) is 2.39. The van der Waals surface area contributed by atoms with E-state index in [-0.39, 0.29) is 5.92 Å². The molecule has 2 fully saturated rings. The molecule has 2 aliphatic rings. The van der Waals surface area contributed by atoms with E-state index in [1.165, 1.54) is 50.7 Å². The monoisotopic (exact) mass is 310 g/mol. The van der Waals surface area contributed by atoms with Gasteiger partial charge in [0.05, 0.1) is 0 Å². The van der Waals surface area contributed by atoms with Gasteiger partial charge in [0.1, 0.15) is 0 Å². The second-order valence-electron chi connectivity index (χ2n) is 7.32. The second-order valence-corrected chi connectivity index (χ2v) is 7.32. The van der Waals surface area contributed by atoms with Crippen molar-refractivity contribution in [1.29, 1.82) is 0 Å². The van der Waals surface area contributed by atoms with E-state index in [1.807, 2.05) is 0 Å². The smallest absolute Gasteiger partial charge is 0.194 e. The van der Waals surface area contributed by atoms with E-state index < -0.39 is 17.5 Å². The van der Waals surface area contributed by atoms with Crippen LogP contribution >= 0.6 is 0 Å². The van der Waals surface area contributed by atoms with Gasteiger partial charge < -0.3 is 0 Å². The van der Waals surface area contributed by atoms with Crippen LogP contribution in [0.5, 0.6) is 0 Å². The first-order valence-electron chi connectivity index (χ1n) is 8.72. The summed E-state index contributed by atoms with van der Waals surface area (Å²) in [5, 5.41) is 0. The van der Waals surface area contributed by atoms with E-state index in [2.05, 4.69) is 6.92 Å². The zero-order valence-electron chi connectivity index (χ0n) is 13.3. The van der Waals surface area contributed by atoms with Crippen LogP contribution in [0.1, 0.15) is 69.8 Å². The highest BCUT2D eigenvalue weighted by Crippen LogP contribution is 2.53. The summed E-state index contributed by atoms with van der Waals surface area (Å²) in [6, 6.07) is 2.35. The van der Waals surface area contributed by atoms with Gasteiger partial charge in [-0.1, -0.05) is 32.6 Å². The summed E-state index contributed by atoms with van der Waals surface area (Å²) in [7, 11) is 0. The van der Waals surface area contributed by atoms with Crippen LogP contribution in [-0.4, -0.2) is 0 Å². The van der Waals surface area contributed by atoms with E-state index in [9.17, 15) is 13.2 Å². The van der Waals surface area contributed by atoms with Crippen LogP contribution in [0.15, 0.2) is 12.1 Å². The number of benzene rings is 1. The molecule has 22 heavy (non-hydrogen) atoms. The maximum absolute atomic E-state index is 13.3. The highest BCUT2D eigenvalue weighted by atomic mass is 19.2. The van der Waals surface area contributed by atoms with Crippen molar-refractivity contribution in [2.75, 3.05) is 0 Å². The Morgan fingerprint density at radius 3 is 2.09 bits per heavy atom. The third kappa shape index (κ3) is 3.18. The summed E-state index contributed by atoms with van der Waals surface area (Å²) >= 11 is 0. The van der Waals surface area contributed by atoms with E-state index in [0.29, 0.717) is 11.5 Å². The van der Waals surface area contributed by atoms with Crippen molar-refractivity contribution in [3.63, 3.8) is 0 Å². The lowest BCUT2D eigenvalue weighted by molar-refractivity contribution is 0.0547. The predicted octanol–water partition coefficient (Wildman–Crippen LogP) is 6.20. The molecule has 0 unspecified atom stereocenters. The summed E-state index contributed by atoms with van der Waals surface area (Å²) in [6.07, 6.45) is 10.1. The molecule has 0 saturated heterocycles. The van der Waals surface area contributed by atoms with Crippen molar-refractivity contribution in [1.82, 2.24) is 0 Å². The van der Waals surface area contributed by atoms with E-state index in [4.69, 9.17) is 0 Å². The maximum atomic E-state index is 13.3. The van der Waals surface area contributed by atoms with Crippen LogP contribution in [-0.2, 0) is 0 Å². The van der Waals surface area contributed by atoms with Gasteiger partial charge in [0.2, 0.25) is 0 Å². The molecular weight excluding hydrogens is 285 g/mol. The Balaban J connectivity index is 1.44. The number of unbranched alkanes of at least 4 members (excludes halogenated alkanes) is 2. The Kier molecular flexibility index (Phi) is 4.79. The topological polar surface area (TPSA) is 0 Å². The predicted molar refractivity (Wildman–Crippen MR) is 82.1 cm³/mol. The van der Waals surface area contributed by atoms with Gasteiger partial charge in [0.15, 0.2) is 17.5 Å². The third-order valence-corrected chi connectivity index (χ3v) is 5.81. The molecule has 3 rings (SSSR count). The summed E-state index contributed by atoms with van der Waals surface area (Å²) in [5.41, 5.74) is 0.631. The molecule has 0 nitrogen and oxygen atoms in total. The van der Waals surface area contributed by atoms with Gasteiger partial charge in [0.25, 0.3) is 0 Å². The molecule has 2 saturated carbocycles. The fraction of sp³-hybridized carbons (Fsp3) is 0.684. The molecule has 0 aromatic heterocycles. The van der Waals surface area contributed by atoms with E-state index in [0.717, 1.165) is 24.7 Å². The maximum Gasteiger partial charge on any atom is 0.194 e. The van der Waals surface area contributed by atoms with E-state index >= 15 is 0 Å². The van der Waals surface area contributed by atoms with Crippen LogP contribution < -0.4 is 0 Å². The van der Waals surface area contributed by atoms with Gasteiger partial charge in [0, 0.05) is 0 Å². The van der Waals surface area contributed by atoms with Crippen molar-refractivity contribution < 1.29 is 13.2 Å². The standard InChI is InChI=1S/C19H25F3/c1-2-3-4-5-12-6-13(7-12)14-8-15(9-14)16-10-17(20)19(22)18(21)11-16/h10-15H,2-9H2,1H3. The number of hydrogen-bond acceptors (Lipinski definition) is 0. The fourth-order valence-electron chi connectivity index (χ4n) is 4.22. The zero-order valence-corrected chi connectivity index (χ0v) is 13.3. The second kappa shape index (κ2) is 6.64. The highest BCUT2D eigenvalue weighted by Gasteiger charge is 2.41. The van der Waals surface area contributed by atoms with Gasteiger partial charge in [-0.25, -0.2) is 13.2 Å².